The lowest BCUT2D eigenvalue weighted by Gasteiger charge is -2.10. The third-order valence-corrected chi connectivity index (χ3v) is 2.55. The van der Waals surface area contributed by atoms with E-state index in [1.165, 1.54) is 18.2 Å². The molecule has 0 aliphatic rings. The average Bonchev–Trinajstić information content (AvgIpc) is 2.42. The normalized spacial score (nSPS) is 9.42. The number of hydrogen-bond donors (Lipinski definition) is 2. The number of anilines is 3. The fourth-order valence-electron chi connectivity index (χ4n) is 1.58. The van der Waals surface area contributed by atoms with Gasteiger partial charge in [0.05, 0.1) is 40.3 Å². The van der Waals surface area contributed by atoms with E-state index in [0.717, 1.165) is 6.07 Å². The molecule has 2 aromatic rings. The molecule has 19 heavy (non-hydrogen) atoms. The number of halogens is 1. The van der Waals surface area contributed by atoms with Crippen LogP contribution in [0.15, 0.2) is 36.4 Å². The van der Waals surface area contributed by atoms with Gasteiger partial charge in [0.1, 0.15) is 5.82 Å². The first-order valence-electron chi connectivity index (χ1n) is 5.40. The molecule has 0 aliphatic heterocycles. The van der Waals surface area contributed by atoms with Gasteiger partial charge in [0.25, 0.3) is 0 Å². The van der Waals surface area contributed by atoms with Crippen molar-refractivity contribution in [1.82, 2.24) is 0 Å². The van der Waals surface area contributed by atoms with Gasteiger partial charge in [-0.05, 0) is 36.4 Å². The van der Waals surface area contributed by atoms with E-state index >= 15 is 0 Å². The van der Waals surface area contributed by atoms with E-state index in [9.17, 15) is 4.39 Å². The van der Waals surface area contributed by atoms with E-state index in [1.807, 2.05) is 12.1 Å². The summed E-state index contributed by atoms with van der Waals surface area (Å²) in [4.78, 5) is 0. The van der Waals surface area contributed by atoms with E-state index in [4.69, 9.17) is 16.3 Å². The first kappa shape index (κ1) is 12.4. The van der Waals surface area contributed by atoms with Gasteiger partial charge in [-0.1, -0.05) is 0 Å². The zero-order valence-electron chi connectivity index (χ0n) is 9.81. The van der Waals surface area contributed by atoms with E-state index < -0.39 is 5.82 Å². The molecule has 2 rings (SSSR count). The number of nitrogens with zero attached hydrogens (tertiary/aromatic N) is 2. The van der Waals surface area contributed by atoms with Crippen molar-refractivity contribution in [2.24, 2.45) is 0 Å². The Morgan fingerprint density at radius 1 is 0.947 bits per heavy atom. The van der Waals surface area contributed by atoms with Crippen molar-refractivity contribution < 1.29 is 4.39 Å². The van der Waals surface area contributed by atoms with Crippen molar-refractivity contribution in [2.45, 2.75) is 0 Å². The zero-order chi connectivity index (χ0) is 13.8. The summed E-state index contributed by atoms with van der Waals surface area (Å²) in [5.74, 6) is -0.539. The Hall–Kier alpha value is -3.05. The standard InChI is InChI=1S/C14H9FN4/c15-11-5-9(7-16)1-3-13(11)19-14-4-2-10(8-17)6-12(14)18/h1-6,19H,18H2. The minimum Gasteiger partial charge on any atom is -0.397 e. The lowest BCUT2D eigenvalue weighted by Crippen LogP contribution is -1.99. The van der Waals surface area contributed by atoms with Crippen molar-refractivity contribution in [3.63, 3.8) is 0 Å². The van der Waals surface area contributed by atoms with Crippen LogP contribution in [0.2, 0.25) is 0 Å². The molecule has 92 valence electrons. The summed E-state index contributed by atoms with van der Waals surface area (Å²) in [6.45, 7) is 0. The highest BCUT2D eigenvalue weighted by Gasteiger charge is 2.06. The summed E-state index contributed by atoms with van der Waals surface area (Å²) >= 11 is 0. The van der Waals surface area contributed by atoms with Crippen LogP contribution < -0.4 is 11.1 Å². The number of nitrogen functional groups attached to an aromatic ring is 1. The number of nitrogens with two attached hydrogens (primary N) is 1. The Bertz CT molecular complexity index is 649. The zero-order valence-corrected chi connectivity index (χ0v) is 9.81. The van der Waals surface area contributed by atoms with Gasteiger partial charge in [-0.3, -0.25) is 0 Å². The third-order valence-electron chi connectivity index (χ3n) is 2.55. The SMILES string of the molecule is N#Cc1ccc(Nc2ccc(C#N)cc2F)c(N)c1. The molecule has 5 heteroatoms. The van der Waals surface area contributed by atoms with Crippen LogP contribution in [0.1, 0.15) is 11.1 Å². The monoisotopic (exact) mass is 252 g/mol. The highest BCUT2D eigenvalue weighted by atomic mass is 19.1. The van der Waals surface area contributed by atoms with Gasteiger partial charge >= 0.3 is 0 Å². The van der Waals surface area contributed by atoms with E-state index in [0.29, 0.717) is 16.9 Å². The van der Waals surface area contributed by atoms with Crippen LogP contribution in [-0.4, -0.2) is 0 Å². The number of nitrogens with one attached hydrogen (secondary N) is 1. The molecular formula is C14H9FN4. The first-order chi connectivity index (χ1) is 9.13. The molecule has 4 nitrogen and oxygen atoms in total. The van der Waals surface area contributed by atoms with E-state index in [1.54, 1.807) is 12.1 Å². The molecule has 0 heterocycles. The lowest BCUT2D eigenvalue weighted by molar-refractivity contribution is 0.631. The number of benzene rings is 2. The van der Waals surface area contributed by atoms with Gasteiger partial charge in [0, 0.05) is 0 Å². The summed E-state index contributed by atoms with van der Waals surface area (Å²) in [6, 6.07) is 12.6. The maximum absolute atomic E-state index is 13.7. The molecule has 0 atom stereocenters. The Labute approximate surface area is 109 Å². The molecule has 0 spiro atoms. The smallest absolute Gasteiger partial charge is 0.147 e. The second-order valence-corrected chi connectivity index (χ2v) is 3.85. The molecule has 0 amide bonds. The maximum Gasteiger partial charge on any atom is 0.147 e. The number of hydrogen-bond acceptors (Lipinski definition) is 4. The van der Waals surface area contributed by atoms with Crippen LogP contribution in [0.4, 0.5) is 21.5 Å². The van der Waals surface area contributed by atoms with Crippen LogP contribution in [0.25, 0.3) is 0 Å². The second kappa shape index (κ2) is 5.07. The van der Waals surface area contributed by atoms with Gasteiger partial charge < -0.3 is 11.1 Å². The van der Waals surface area contributed by atoms with Gasteiger partial charge in [-0.2, -0.15) is 10.5 Å². The van der Waals surface area contributed by atoms with Crippen LogP contribution in [0.3, 0.4) is 0 Å². The molecule has 0 saturated carbocycles. The van der Waals surface area contributed by atoms with Gasteiger partial charge in [0.2, 0.25) is 0 Å². The molecule has 0 fully saturated rings. The second-order valence-electron chi connectivity index (χ2n) is 3.85. The third kappa shape index (κ3) is 2.62. The maximum atomic E-state index is 13.7. The Morgan fingerprint density at radius 2 is 1.53 bits per heavy atom. The van der Waals surface area contributed by atoms with Crippen molar-refractivity contribution in [3.05, 3.63) is 53.3 Å². The van der Waals surface area contributed by atoms with E-state index in [2.05, 4.69) is 5.32 Å². The van der Waals surface area contributed by atoms with Crippen LogP contribution in [0.5, 0.6) is 0 Å². The number of rotatable bonds is 2. The minimum atomic E-state index is -0.539. The fraction of sp³-hybridized carbons (Fsp3) is 0. The molecule has 2 aromatic carbocycles. The first-order valence-corrected chi connectivity index (χ1v) is 5.40. The van der Waals surface area contributed by atoms with Crippen molar-refractivity contribution in [1.29, 1.82) is 10.5 Å². The molecule has 0 radical (unpaired) electrons. The highest BCUT2D eigenvalue weighted by molar-refractivity contribution is 5.74. The predicted molar refractivity (Wildman–Crippen MR) is 70.0 cm³/mol. The highest BCUT2D eigenvalue weighted by Crippen LogP contribution is 2.26. The Kier molecular flexibility index (Phi) is 3.31. The van der Waals surface area contributed by atoms with E-state index in [-0.39, 0.29) is 11.3 Å². The predicted octanol–water partition coefficient (Wildman–Crippen LogP) is 2.89. The van der Waals surface area contributed by atoms with Crippen LogP contribution >= 0.6 is 0 Å². The Morgan fingerprint density at radius 3 is 2.05 bits per heavy atom. The summed E-state index contributed by atoms with van der Waals surface area (Å²) in [6.07, 6.45) is 0. The quantitative estimate of drug-likeness (QED) is 0.804. The largest absolute Gasteiger partial charge is 0.397 e. The summed E-state index contributed by atoms with van der Waals surface area (Å²) in [5.41, 5.74) is 7.51. The summed E-state index contributed by atoms with van der Waals surface area (Å²) in [5, 5.41) is 20.2. The molecule has 0 aliphatic carbocycles. The van der Waals surface area contributed by atoms with Gasteiger partial charge in [0.15, 0.2) is 0 Å². The number of nitriles is 2. The average molecular weight is 252 g/mol. The summed E-state index contributed by atoms with van der Waals surface area (Å²) in [7, 11) is 0. The molecule has 0 aromatic heterocycles. The van der Waals surface area contributed by atoms with Crippen molar-refractivity contribution in [2.75, 3.05) is 11.1 Å². The lowest BCUT2D eigenvalue weighted by atomic mass is 10.1. The minimum absolute atomic E-state index is 0.218. The van der Waals surface area contributed by atoms with Crippen LogP contribution in [-0.2, 0) is 0 Å². The summed E-state index contributed by atoms with van der Waals surface area (Å²) < 4.78 is 13.7. The topological polar surface area (TPSA) is 85.6 Å². The van der Waals surface area contributed by atoms with Crippen molar-refractivity contribution in [3.8, 4) is 12.1 Å². The van der Waals surface area contributed by atoms with Crippen molar-refractivity contribution >= 4 is 17.1 Å². The van der Waals surface area contributed by atoms with Gasteiger partial charge in [-0.25, -0.2) is 4.39 Å². The molecule has 0 unspecified atom stereocenters. The molecule has 3 N–H and O–H groups in total. The van der Waals surface area contributed by atoms with Crippen LogP contribution in [0, 0.1) is 28.5 Å². The molecular weight excluding hydrogens is 243 g/mol. The molecule has 0 bridgehead atoms. The fourth-order valence-corrected chi connectivity index (χ4v) is 1.58. The molecule has 0 saturated heterocycles. The van der Waals surface area contributed by atoms with Gasteiger partial charge in [-0.15, -0.1) is 0 Å². The Balaban J connectivity index is 2.32.